The number of nitrogens with one attached hydrogen (secondary N) is 15. The summed E-state index contributed by atoms with van der Waals surface area (Å²) in [6.07, 6.45) is -5.46. The average Bonchev–Trinajstić information content (AvgIpc) is 0.641. The SMILES string of the molecule is CC[C@H](C)[C@H](NC(=O)[C@H](C)NC(=O)[C@H](CC(C)C)NC(=O)[C@H](CCC(N)=O)NC(=O)[C@H](CCCN=C(N)N)NC(=O)CNC(=O)[C@@H](NC(=O)[C@H](CCC(N)=O)NC(=O)CN)C(C)C)C(=O)N[C@@H](Cc1ccc2ccccc2c1)C(=O)NCC(=O)N[C@@H](CC(=O)O)C(=O)N[C@@H](CC(=O)O)C(=O)N[C@H](C(=O)N[C@@H](CC(N)=O)C(=O)N[C@@H](CCCN=C(N)N)C(=O)O)[C@@H](C)CC. The van der Waals surface area contributed by atoms with Crippen LogP contribution in [0.3, 0.4) is 0 Å². The molecule has 0 heterocycles. The summed E-state index contributed by atoms with van der Waals surface area (Å²) in [7, 11) is 0. The van der Waals surface area contributed by atoms with E-state index in [-0.39, 0.29) is 95.1 Å². The molecule has 128 heavy (non-hydrogen) atoms. The second kappa shape index (κ2) is 56.1. The molecule has 0 saturated carbocycles. The van der Waals surface area contributed by atoms with Crippen LogP contribution in [0.1, 0.15) is 158 Å². The van der Waals surface area contributed by atoms with Crippen LogP contribution in [0.15, 0.2) is 52.4 Å². The summed E-state index contributed by atoms with van der Waals surface area (Å²) in [5.41, 5.74) is 43.6. The molecular formula is C79H125N25O24. The molecule has 15 atom stereocenters. The van der Waals surface area contributed by atoms with Crippen molar-refractivity contribution in [1.29, 1.82) is 0 Å². The molecular weight excluding hydrogens is 1680 g/mol. The first-order chi connectivity index (χ1) is 60.0. The smallest absolute Gasteiger partial charge is 0.326 e. The maximum absolute atomic E-state index is 14.7. The number of hydrogen-bond donors (Lipinski definition) is 26. The Morgan fingerprint density at radius 1 is 0.367 bits per heavy atom. The average molecular weight is 1810 g/mol. The van der Waals surface area contributed by atoms with Gasteiger partial charge in [-0.25, -0.2) is 4.79 Å². The lowest BCUT2D eigenvalue weighted by Gasteiger charge is -2.29. The van der Waals surface area contributed by atoms with Crippen LogP contribution in [-0.2, 0) is 107 Å². The predicted molar refractivity (Wildman–Crippen MR) is 459 cm³/mol. The van der Waals surface area contributed by atoms with E-state index in [0.717, 1.165) is 5.39 Å². The molecule has 18 amide bonds. The number of hydrogen-bond acceptors (Lipinski definition) is 24. The molecule has 49 heteroatoms. The largest absolute Gasteiger partial charge is 0.481 e. The maximum atomic E-state index is 14.7. The number of nitrogens with zero attached hydrogens (tertiary/aromatic N) is 2. The molecule has 49 nitrogen and oxygen atoms in total. The van der Waals surface area contributed by atoms with E-state index in [1.807, 2.05) is 0 Å². The van der Waals surface area contributed by atoms with Crippen LogP contribution in [-0.4, -0.2) is 263 Å². The molecule has 0 saturated heterocycles. The van der Waals surface area contributed by atoms with E-state index in [1.165, 1.54) is 13.8 Å². The van der Waals surface area contributed by atoms with Gasteiger partial charge in [-0.15, -0.1) is 0 Å². The first-order valence-corrected chi connectivity index (χ1v) is 41.3. The van der Waals surface area contributed by atoms with Crippen molar-refractivity contribution in [2.75, 3.05) is 32.7 Å². The number of benzene rings is 2. The highest BCUT2D eigenvalue weighted by atomic mass is 16.4. The van der Waals surface area contributed by atoms with Gasteiger partial charge in [-0.2, -0.15) is 0 Å². The number of rotatable bonds is 60. The van der Waals surface area contributed by atoms with Crippen LogP contribution in [0.4, 0.5) is 0 Å². The van der Waals surface area contributed by atoms with Crippen molar-refractivity contribution < 1.29 is 116 Å². The lowest BCUT2D eigenvalue weighted by atomic mass is 9.96. The van der Waals surface area contributed by atoms with E-state index in [4.69, 9.17) is 45.9 Å². The number of fused-ring (bicyclic) bond motifs is 1. The van der Waals surface area contributed by atoms with Gasteiger partial charge < -0.3 is 141 Å². The third-order valence-corrected chi connectivity index (χ3v) is 19.7. The molecule has 2 aromatic rings. The van der Waals surface area contributed by atoms with Gasteiger partial charge in [-0.3, -0.25) is 106 Å². The fourth-order valence-corrected chi connectivity index (χ4v) is 12.4. The fraction of sp³-hybridized carbons (Fsp3) is 0.582. The van der Waals surface area contributed by atoms with Gasteiger partial charge in [0.2, 0.25) is 106 Å². The Morgan fingerprint density at radius 2 is 0.750 bits per heavy atom. The Hall–Kier alpha value is -13.9. The minimum Gasteiger partial charge on any atom is -0.481 e. The quantitative estimate of drug-likeness (QED) is 0.0166. The van der Waals surface area contributed by atoms with Crippen molar-refractivity contribution in [1.82, 2.24) is 79.8 Å². The Balaban J connectivity index is 2.49. The third kappa shape index (κ3) is 41.7. The molecule has 0 aliphatic carbocycles. The molecule has 34 N–H and O–H groups in total. The zero-order valence-corrected chi connectivity index (χ0v) is 72.9. The Morgan fingerprint density at radius 3 is 1.22 bits per heavy atom. The number of guanidine groups is 2. The van der Waals surface area contributed by atoms with Crippen LogP contribution < -0.4 is 126 Å². The highest BCUT2D eigenvalue weighted by molar-refractivity contribution is 6.02. The van der Waals surface area contributed by atoms with Crippen molar-refractivity contribution in [2.24, 2.45) is 79.5 Å². The number of primary amides is 3. The molecule has 2 aromatic carbocycles. The topological polar surface area (TPSA) is 832 Å². The van der Waals surface area contributed by atoms with Crippen LogP contribution >= 0.6 is 0 Å². The van der Waals surface area contributed by atoms with Gasteiger partial charge in [0.15, 0.2) is 11.9 Å². The van der Waals surface area contributed by atoms with Gasteiger partial charge in [0.1, 0.15) is 78.5 Å². The summed E-state index contributed by atoms with van der Waals surface area (Å²) < 4.78 is 0. The zero-order chi connectivity index (χ0) is 96.9. The minimum atomic E-state index is -2.15. The van der Waals surface area contributed by atoms with Crippen LogP contribution in [0.25, 0.3) is 10.8 Å². The van der Waals surface area contributed by atoms with E-state index in [1.54, 1.807) is 90.9 Å². The molecule has 0 bridgehead atoms. The third-order valence-electron chi connectivity index (χ3n) is 19.7. The van der Waals surface area contributed by atoms with Crippen LogP contribution in [0, 0.1) is 23.7 Å². The van der Waals surface area contributed by atoms with Crippen LogP contribution in [0.5, 0.6) is 0 Å². The van der Waals surface area contributed by atoms with E-state index >= 15 is 0 Å². The van der Waals surface area contributed by atoms with Crippen molar-refractivity contribution in [3.8, 4) is 0 Å². The second-order valence-corrected chi connectivity index (χ2v) is 31.2. The Kier molecular flexibility index (Phi) is 48.3. The molecule has 0 unspecified atom stereocenters. The Labute approximate surface area is 737 Å². The summed E-state index contributed by atoms with van der Waals surface area (Å²) in [4.78, 5) is 289. The fourth-order valence-electron chi connectivity index (χ4n) is 12.4. The Bertz CT molecular complexity index is 4330. The monoisotopic (exact) mass is 1810 g/mol. The summed E-state index contributed by atoms with van der Waals surface area (Å²) in [5.74, 6) is -27.1. The first kappa shape index (κ1) is 110. The van der Waals surface area contributed by atoms with Crippen molar-refractivity contribution in [2.45, 2.75) is 237 Å². The van der Waals surface area contributed by atoms with Crippen molar-refractivity contribution in [3.63, 3.8) is 0 Å². The van der Waals surface area contributed by atoms with E-state index in [2.05, 4.69) is 89.7 Å². The highest BCUT2D eigenvalue weighted by Crippen LogP contribution is 2.20. The summed E-state index contributed by atoms with van der Waals surface area (Å²) in [5, 5.41) is 66.8. The summed E-state index contributed by atoms with van der Waals surface area (Å²) in [6.45, 7) is 11.5. The lowest BCUT2D eigenvalue weighted by Crippen LogP contribution is -2.61. The van der Waals surface area contributed by atoms with E-state index in [0.29, 0.717) is 10.9 Å². The molecule has 0 spiro atoms. The maximum Gasteiger partial charge on any atom is 0.326 e. The molecule has 710 valence electrons. The van der Waals surface area contributed by atoms with Crippen LogP contribution in [0.2, 0.25) is 0 Å². The normalized spacial score (nSPS) is 14.5. The number of aliphatic carboxylic acids is 3. The molecule has 0 aliphatic rings. The molecule has 2 rings (SSSR count). The number of nitrogens with two attached hydrogens (primary N) is 8. The highest BCUT2D eigenvalue weighted by Gasteiger charge is 2.40. The van der Waals surface area contributed by atoms with Gasteiger partial charge in [0, 0.05) is 32.4 Å². The standard InChI is InChI=1S/C79H125N25O24/c1-10-39(7)63(103-65(115)41(9)92-70(120)49(28-37(3)4)98-68(118)47(23-25-55(82)106)96-67(117)45(18-14-26-88-78(84)85)94-58(109)36-91-74(124)62(38(5)6)102-69(119)46(22-24-54(81)105)93-57(108)34-80)75(125)100-50(30-42-20-21-43-16-12-13-17-44(43)29-42)66(116)90-35-59(110)95-52(32-60(111)112)72(122)99-53(33-61(113)114)73(123)104-64(40(8)11-2)76(126)101-51(31-56(83)107)71(121)97-48(77(127)128)19-15-27-89-79(86)87/h12-13,16-17,20-21,29,37-41,45-53,62-64H,10-11,14-15,18-19,22-28,30-36,80H2,1-9H3,(H2,81,105)(H2,82,106)(H2,83,107)(H,90,116)(H,91,124)(H,92,120)(H,93,108)(H,94,109)(H,95,110)(H,96,117)(H,97,121)(H,98,118)(H,99,122)(H,100,125)(H,101,126)(H,102,119)(H,103,115)(H,104,123)(H,111,112)(H,113,114)(H,127,128)(H4,84,85,88)(H4,86,87,89)/t39-,40-,41-,45-,46-,47-,48-,49-,50-,51-,52-,53-,62-,63-,64-/m0/s1. The number of carbonyl (C=O) groups is 21. The minimum absolute atomic E-state index is 0.0212. The number of carboxylic acids is 3. The molecule has 0 aromatic heterocycles. The zero-order valence-electron chi connectivity index (χ0n) is 72.9. The number of amides is 18. The molecule has 0 aliphatic heterocycles. The number of carbonyl (C=O) groups excluding carboxylic acids is 18. The van der Waals surface area contributed by atoms with Crippen molar-refractivity contribution in [3.05, 3.63) is 48.0 Å². The lowest BCUT2D eigenvalue weighted by molar-refractivity contribution is -0.143. The van der Waals surface area contributed by atoms with Gasteiger partial charge in [0.25, 0.3) is 0 Å². The van der Waals surface area contributed by atoms with E-state index < -0.39 is 272 Å². The first-order valence-electron chi connectivity index (χ1n) is 41.3. The summed E-state index contributed by atoms with van der Waals surface area (Å²) >= 11 is 0. The van der Waals surface area contributed by atoms with Gasteiger partial charge in [0.05, 0.1) is 38.9 Å². The van der Waals surface area contributed by atoms with Gasteiger partial charge in [-0.05, 0) is 91.9 Å². The number of carboxylic acid groups (broad SMARTS) is 3. The predicted octanol–water partition coefficient (Wildman–Crippen LogP) is -8.76. The number of aliphatic imine (C=N–C) groups is 2. The second-order valence-electron chi connectivity index (χ2n) is 31.2. The van der Waals surface area contributed by atoms with E-state index in [9.17, 15) is 116 Å². The molecule has 0 fully saturated rings. The summed E-state index contributed by atoms with van der Waals surface area (Å²) in [6, 6.07) is -9.31. The van der Waals surface area contributed by atoms with Crippen molar-refractivity contribution >= 4 is 147 Å². The van der Waals surface area contributed by atoms with Gasteiger partial charge >= 0.3 is 17.9 Å². The van der Waals surface area contributed by atoms with Gasteiger partial charge in [-0.1, -0.05) is 111 Å². The molecule has 0 radical (unpaired) electrons.